The smallest absolute Gasteiger partial charge is 0.331 e. The Hall–Kier alpha value is -1.48. The highest BCUT2D eigenvalue weighted by Gasteiger charge is 2.10. The predicted molar refractivity (Wildman–Crippen MR) is 66.7 cm³/mol. The first kappa shape index (κ1) is 18.5. The molecule has 0 unspecified atom stereocenters. The van der Waals surface area contributed by atoms with E-state index in [2.05, 4.69) is 0 Å². The lowest BCUT2D eigenvalue weighted by Gasteiger charge is -2.12. The van der Waals surface area contributed by atoms with Crippen LogP contribution in [0.25, 0.3) is 0 Å². The molecule has 0 radical (unpaired) electrons. The van der Waals surface area contributed by atoms with Gasteiger partial charge in [-0.05, 0) is 0 Å². The summed E-state index contributed by atoms with van der Waals surface area (Å²) in [7, 11) is 5.66. The Kier molecular flexibility index (Phi) is 10.5. The van der Waals surface area contributed by atoms with Gasteiger partial charge in [0.15, 0.2) is 12.6 Å². The Labute approximate surface area is 117 Å². The van der Waals surface area contributed by atoms with Crippen molar-refractivity contribution in [3.05, 3.63) is 12.2 Å². The van der Waals surface area contributed by atoms with Crippen molar-refractivity contribution < 1.29 is 38.0 Å². The zero-order valence-electron chi connectivity index (χ0n) is 12.0. The van der Waals surface area contributed by atoms with Crippen molar-refractivity contribution in [1.29, 1.82) is 0 Å². The summed E-state index contributed by atoms with van der Waals surface area (Å²) in [5, 5.41) is 0. The van der Waals surface area contributed by atoms with Crippen LogP contribution in [0.15, 0.2) is 12.2 Å². The summed E-state index contributed by atoms with van der Waals surface area (Å²) in [5.74, 6) is -1.42. The van der Waals surface area contributed by atoms with Gasteiger partial charge in [-0.15, -0.1) is 0 Å². The summed E-state index contributed by atoms with van der Waals surface area (Å²) in [6.07, 6.45) is 0.588. The van der Waals surface area contributed by atoms with Crippen LogP contribution in [0.4, 0.5) is 0 Å². The molecule has 20 heavy (non-hydrogen) atoms. The van der Waals surface area contributed by atoms with E-state index in [4.69, 9.17) is 28.4 Å². The highest BCUT2D eigenvalue weighted by molar-refractivity contribution is 5.91. The summed E-state index contributed by atoms with van der Waals surface area (Å²) in [4.78, 5) is 22.5. The standard InChI is InChI=1S/C12H20O8/c1-15-11(16-2)7-19-9(13)5-6-10(14)20-8-12(17-3)18-4/h5-6,11-12H,7-8H2,1-4H3/b6-5+. The number of rotatable bonds is 10. The second-order valence-electron chi connectivity index (χ2n) is 3.40. The number of ether oxygens (including phenoxy) is 6. The molecule has 0 aliphatic carbocycles. The van der Waals surface area contributed by atoms with Crippen molar-refractivity contribution in [3.8, 4) is 0 Å². The van der Waals surface area contributed by atoms with Gasteiger partial charge in [-0.1, -0.05) is 0 Å². The van der Waals surface area contributed by atoms with Crippen molar-refractivity contribution in [2.24, 2.45) is 0 Å². The van der Waals surface area contributed by atoms with Crippen LogP contribution in [-0.4, -0.2) is 66.2 Å². The second-order valence-corrected chi connectivity index (χ2v) is 3.40. The quantitative estimate of drug-likeness (QED) is 0.312. The van der Waals surface area contributed by atoms with E-state index in [1.807, 2.05) is 0 Å². The fourth-order valence-corrected chi connectivity index (χ4v) is 0.997. The van der Waals surface area contributed by atoms with E-state index in [0.29, 0.717) is 0 Å². The largest absolute Gasteiger partial charge is 0.457 e. The maximum absolute atomic E-state index is 11.3. The van der Waals surface area contributed by atoms with Crippen LogP contribution in [0, 0.1) is 0 Å². The lowest BCUT2D eigenvalue weighted by molar-refractivity contribution is -0.163. The zero-order valence-corrected chi connectivity index (χ0v) is 12.0. The zero-order chi connectivity index (χ0) is 15.4. The highest BCUT2D eigenvalue weighted by atomic mass is 16.7. The van der Waals surface area contributed by atoms with E-state index in [0.717, 1.165) is 12.2 Å². The Balaban J connectivity index is 3.96. The summed E-state index contributed by atoms with van der Waals surface area (Å²) in [6.45, 7) is -0.165. The van der Waals surface area contributed by atoms with Crippen LogP contribution in [-0.2, 0) is 38.0 Å². The van der Waals surface area contributed by atoms with Crippen LogP contribution in [0.1, 0.15) is 0 Å². The van der Waals surface area contributed by atoms with Gasteiger partial charge in [-0.3, -0.25) is 0 Å². The molecule has 0 aliphatic heterocycles. The highest BCUT2D eigenvalue weighted by Crippen LogP contribution is 1.95. The van der Waals surface area contributed by atoms with Gasteiger partial charge in [0.05, 0.1) is 0 Å². The first-order valence-electron chi connectivity index (χ1n) is 5.70. The van der Waals surface area contributed by atoms with Crippen molar-refractivity contribution >= 4 is 11.9 Å². The topological polar surface area (TPSA) is 89.5 Å². The Bertz CT molecular complexity index is 277. The van der Waals surface area contributed by atoms with Gasteiger partial charge in [-0.2, -0.15) is 0 Å². The molecule has 0 aromatic heterocycles. The van der Waals surface area contributed by atoms with Crippen LogP contribution < -0.4 is 0 Å². The number of hydrogen-bond donors (Lipinski definition) is 0. The normalized spacial score (nSPS) is 11.3. The molecule has 0 fully saturated rings. The van der Waals surface area contributed by atoms with Crippen LogP contribution in [0.2, 0.25) is 0 Å². The molecule has 116 valence electrons. The van der Waals surface area contributed by atoms with Gasteiger partial charge in [-0.25, -0.2) is 9.59 Å². The van der Waals surface area contributed by atoms with Gasteiger partial charge in [0.2, 0.25) is 0 Å². The number of carbonyl (C=O) groups is 2. The molecular weight excluding hydrogens is 272 g/mol. The molecule has 0 aliphatic rings. The van der Waals surface area contributed by atoms with E-state index < -0.39 is 24.5 Å². The lowest BCUT2D eigenvalue weighted by Crippen LogP contribution is -2.22. The van der Waals surface area contributed by atoms with Crippen LogP contribution in [0.5, 0.6) is 0 Å². The Morgan fingerprint density at radius 1 is 0.750 bits per heavy atom. The fourth-order valence-electron chi connectivity index (χ4n) is 0.997. The third kappa shape index (κ3) is 8.59. The van der Waals surface area contributed by atoms with E-state index in [1.165, 1.54) is 28.4 Å². The average Bonchev–Trinajstić information content (AvgIpc) is 2.47. The third-order valence-electron chi connectivity index (χ3n) is 2.13. The van der Waals surface area contributed by atoms with Gasteiger partial charge in [0.1, 0.15) is 13.2 Å². The molecule has 0 saturated heterocycles. The number of hydrogen-bond acceptors (Lipinski definition) is 8. The van der Waals surface area contributed by atoms with Gasteiger partial charge < -0.3 is 28.4 Å². The summed E-state index contributed by atoms with van der Waals surface area (Å²) in [6, 6.07) is 0. The minimum Gasteiger partial charge on any atom is -0.457 e. The van der Waals surface area contributed by atoms with Gasteiger partial charge >= 0.3 is 11.9 Å². The fraction of sp³-hybridized carbons (Fsp3) is 0.667. The van der Waals surface area contributed by atoms with Crippen LogP contribution >= 0.6 is 0 Å². The molecule has 0 saturated carbocycles. The van der Waals surface area contributed by atoms with E-state index >= 15 is 0 Å². The van der Waals surface area contributed by atoms with Gasteiger partial charge in [0, 0.05) is 40.6 Å². The summed E-state index contributed by atoms with van der Waals surface area (Å²) < 4.78 is 28.8. The van der Waals surface area contributed by atoms with E-state index in [-0.39, 0.29) is 13.2 Å². The number of esters is 2. The molecule has 0 rings (SSSR count). The molecule has 8 nitrogen and oxygen atoms in total. The molecular formula is C12H20O8. The molecule has 0 aromatic carbocycles. The minimum atomic E-state index is -0.712. The molecule has 0 N–H and O–H groups in total. The van der Waals surface area contributed by atoms with E-state index in [9.17, 15) is 9.59 Å². The third-order valence-corrected chi connectivity index (χ3v) is 2.13. The summed E-state index contributed by atoms with van der Waals surface area (Å²) in [5.41, 5.74) is 0. The Morgan fingerprint density at radius 2 is 1.05 bits per heavy atom. The average molecular weight is 292 g/mol. The lowest BCUT2D eigenvalue weighted by atomic mass is 10.5. The summed E-state index contributed by atoms with van der Waals surface area (Å²) >= 11 is 0. The van der Waals surface area contributed by atoms with Crippen molar-refractivity contribution in [2.45, 2.75) is 12.6 Å². The molecule has 0 bridgehead atoms. The molecule has 0 spiro atoms. The van der Waals surface area contributed by atoms with Crippen LogP contribution in [0.3, 0.4) is 0 Å². The molecule has 0 aromatic rings. The van der Waals surface area contributed by atoms with Crippen molar-refractivity contribution in [3.63, 3.8) is 0 Å². The number of carbonyl (C=O) groups excluding carboxylic acids is 2. The number of methoxy groups -OCH3 is 4. The first-order valence-corrected chi connectivity index (χ1v) is 5.70. The monoisotopic (exact) mass is 292 g/mol. The molecule has 0 heterocycles. The predicted octanol–water partition coefficient (Wildman–Crippen LogP) is -0.133. The molecule has 0 atom stereocenters. The maximum atomic E-state index is 11.3. The molecule has 8 heteroatoms. The SMILES string of the molecule is COC(COC(=O)/C=C/C(=O)OCC(OC)OC)OC. The minimum absolute atomic E-state index is 0.0827. The second kappa shape index (κ2) is 11.4. The Morgan fingerprint density at radius 3 is 1.30 bits per heavy atom. The van der Waals surface area contributed by atoms with Gasteiger partial charge in [0.25, 0.3) is 0 Å². The van der Waals surface area contributed by atoms with Crippen molar-refractivity contribution in [1.82, 2.24) is 0 Å². The molecule has 0 amide bonds. The van der Waals surface area contributed by atoms with Crippen molar-refractivity contribution in [2.75, 3.05) is 41.7 Å². The first-order chi connectivity index (χ1) is 9.57. The van der Waals surface area contributed by atoms with E-state index in [1.54, 1.807) is 0 Å². The maximum Gasteiger partial charge on any atom is 0.331 e.